The van der Waals surface area contributed by atoms with Crippen molar-refractivity contribution in [3.63, 3.8) is 0 Å². The second-order valence-corrected chi connectivity index (χ2v) is 14.0. The molecule has 0 atom stereocenters. The summed E-state index contributed by atoms with van der Waals surface area (Å²) in [5, 5.41) is 4.80. The maximum atomic E-state index is 6.56. The van der Waals surface area contributed by atoms with E-state index < -0.39 is 0 Å². The van der Waals surface area contributed by atoms with E-state index in [1.54, 1.807) is 0 Å². The van der Waals surface area contributed by atoms with Gasteiger partial charge in [0.2, 0.25) is 0 Å². The lowest BCUT2D eigenvalue weighted by atomic mass is 9.92. The van der Waals surface area contributed by atoms with Gasteiger partial charge in [-0.3, -0.25) is 0 Å². The Labute approximate surface area is 300 Å². The molecule has 10 rings (SSSR count). The zero-order chi connectivity index (χ0) is 33.7. The molecule has 10 aromatic rings. The normalized spacial score (nSPS) is 11.5. The van der Waals surface area contributed by atoms with Gasteiger partial charge >= 0.3 is 0 Å². The standard InChI is InChI=1S/C48H31NOS/c1-3-13-32(14-4-1)33-25-27-35(28-26-33)49(43-21-12-24-46-47(43)41-18-8-10-23-45(41)51-46)36-29-30-37(42(31-36)34-15-5-2-6-16-34)39-19-11-20-40-38-17-7-9-22-44(38)50-48(39)40/h1-31H. The number of anilines is 3. The van der Waals surface area contributed by atoms with Crippen LogP contribution in [0, 0.1) is 0 Å². The Bertz CT molecular complexity index is 2850. The first-order valence-electron chi connectivity index (χ1n) is 17.3. The van der Waals surface area contributed by atoms with E-state index in [9.17, 15) is 0 Å². The van der Waals surface area contributed by atoms with Crippen LogP contribution >= 0.6 is 11.3 Å². The Morgan fingerprint density at radius 1 is 0.392 bits per heavy atom. The Morgan fingerprint density at radius 3 is 1.84 bits per heavy atom. The summed E-state index contributed by atoms with van der Waals surface area (Å²) < 4.78 is 9.13. The Kier molecular flexibility index (Phi) is 7.04. The average Bonchev–Trinajstić information content (AvgIpc) is 3.78. The van der Waals surface area contributed by atoms with E-state index in [4.69, 9.17) is 4.42 Å². The van der Waals surface area contributed by atoms with E-state index in [-0.39, 0.29) is 0 Å². The summed E-state index contributed by atoms with van der Waals surface area (Å²) in [7, 11) is 0. The molecule has 240 valence electrons. The number of furan rings is 1. The third-order valence-electron chi connectivity index (χ3n) is 9.89. The number of para-hydroxylation sites is 2. The van der Waals surface area contributed by atoms with E-state index in [0.717, 1.165) is 61.3 Å². The summed E-state index contributed by atoms with van der Waals surface area (Å²) in [6, 6.07) is 67.4. The smallest absolute Gasteiger partial charge is 0.143 e. The van der Waals surface area contributed by atoms with Crippen LogP contribution in [0.4, 0.5) is 17.1 Å². The zero-order valence-corrected chi connectivity index (χ0v) is 28.5. The Hall–Kier alpha value is -6.42. The van der Waals surface area contributed by atoms with Crippen molar-refractivity contribution >= 4 is 70.5 Å². The molecule has 0 bridgehead atoms. The minimum absolute atomic E-state index is 0.902. The van der Waals surface area contributed by atoms with Crippen molar-refractivity contribution in [1.82, 2.24) is 0 Å². The van der Waals surface area contributed by atoms with E-state index >= 15 is 0 Å². The summed E-state index contributed by atoms with van der Waals surface area (Å²) in [4.78, 5) is 2.42. The Morgan fingerprint density at radius 2 is 1.02 bits per heavy atom. The van der Waals surface area contributed by atoms with Crippen LogP contribution in [-0.2, 0) is 0 Å². The van der Waals surface area contributed by atoms with Gasteiger partial charge in [0.1, 0.15) is 11.2 Å². The van der Waals surface area contributed by atoms with Crippen molar-refractivity contribution in [3.8, 4) is 33.4 Å². The van der Waals surface area contributed by atoms with Crippen molar-refractivity contribution in [2.75, 3.05) is 4.90 Å². The summed E-state index contributed by atoms with van der Waals surface area (Å²) in [5.74, 6) is 0. The number of thiophene rings is 1. The topological polar surface area (TPSA) is 16.4 Å². The van der Waals surface area contributed by atoms with Crippen LogP contribution in [0.1, 0.15) is 0 Å². The fourth-order valence-corrected chi connectivity index (χ4v) is 8.65. The fraction of sp³-hybridized carbons (Fsp3) is 0. The lowest BCUT2D eigenvalue weighted by Gasteiger charge is -2.28. The van der Waals surface area contributed by atoms with Gasteiger partial charge in [-0.2, -0.15) is 0 Å². The largest absolute Gasteiger partial charge is 0.455 e. The van der Waals surface area contributed by atoms with Gasteiger partial charge in [-0.15, -0.1) is 11.3 Å². The van der Waals surface area contributed by atoms with Gasteiger partial charge in [0.15, 0.2) is 0 Å². The number of benzene rings is 8. The highest BCUT2D eigenvalue weighted by Crippen LogP contribution is 2.47. The van der Waals surface area contributed by atoms with Gasteiger partial charge in [0.25, 0.3) is 0 Å². The van der Waals surface area contributed by atoms with Crippen LogP contribution in [0.15, 0.2) is 192 Å². The van der Waals surface area contributed by atoms with Gasteiger partial charge < -0.3 is 9.32 Å². The first-order valence-corrected chi connectivity index (χ1v) is 18.1. The molecule has 0 aliphatic rings. The molecule has 0 radical (unpaired) electrons. The highest BCUT2D eigenvalue weighted by atomic mass is 32.1. The quantitative estimate of drug-likeness (QED) is 0.175. The SMILES string of the molecule is c1ccc(-c2ccc(N(c3ccc(-c4cccc5c4oc4ccccc45)c(-c4ccccc4)c3)c3cccc4sc5ccccc5c34)cc2)cc1. The molecule has 0 unspecified atom stereocenters. The molecule has 2 heterocycles. The highest BCUT2D eigenvalue weighted by molar-refractivity contribution is 7.26. The molecule has 2 aromatic heterocycles. The second-order valence-electron chi connectivity index (χ2n) is 12.9. The van der Waals surface area contributed by atoms with Gasteiger partial charge in [-0.1, -0.05) is 140 Å². The molecule has 8 aromatic carbocycles. The number of hydrogen-bond donors (Lipinski definition) is 0. The first-order chi connectivity index (χ1) is 25.3. The van der Waals surface area contributed by atoms with Crippen molar-refractivity contribution in [2.24, 2.45) is 0 Å². The lowest BCUT2D eigenvalue weighted by molar-refractivity contribution is 0.670. The van der Waals surface area contributed by atoms with Crippen LogP contribution in [0.5, 0.6) is 0 Å². The minimum Gasteiger partial charge on any atom is -0.455 e. The lowest BCUT2D eigenvalue weighted by Crippen LogP contribution is -2.10. The zero-order valence-electron chi connectivity index (χ0n) is 27.7. The number of nitrogens with zero attached hydrogens (tertiary/aromatic N) is 1. The van der Waals surface area contributed by atoms with Gasteiger partial charge in [-0.25, -0.2) is 0 Å². The van der Waals surface area contributed by atoms with Crippen LogP contribution in [0.2, 0.25) is 0 Å². The maximum absolute atomic E-state index is 6.56. The predicted octanol–water partition coefficient (Wildman–Crippen LogP) is 14.4. The maximum Gasteiger partial charge on any atom is 0.143 e. The van der Waals surface area contributed by atoms with Crippen LogP contribution < -0.4 is 4.90 Å². The van der Waals surface area contributed by atoms with E-state index in [2.05, 4.69) is 187 Å². The van der Waals surface area contributed by atoms with E-state index in [0.29, 0.717) is 0 Å². The molecule has 0 N–H and O–H groups in total. The summed E-state index contributed by atoms with van der Waals surface area (Å²) in [5.41, 5.74) is 12.1. The molecule has 0 aliphatic heterocycles. The summed E-state index contributed by atoms with van der Waals surface area (Å²) in [6.07, 6.45) is 0. The van der Waals surface area contributed by atoms with Crippen LogP contribution in [0.3, 0.4) is 0 Å². The van der Waals surface area contributed by atoms with Crippen LogP contribution in [-0.4, -0.2) is 0 Å². The highest BCUT2D eigenvalue weighted by Gasteiger charge is 2.22. The summed E-state index contributed by atoms with van der Waals surface area (Å²) >= 11 is 1.85. The molecule has 3 heteroatoms. The van der Waals surface area contributed by atoms with Gasteiger partial charge in [0.05, 0.1) is 5.69 Å². The minimum atomic E-state index is 0.902. The number of fused-ring (bicyclic) bond motifs is 6. The molecule has 0 spiro atoms. The fourth-order valence-electron chi connectivity index (χ4n) is 7.53. The van der Waals surface area contributed by atoms with Crippen molar-refractivity contribution in [2.45, 2.75) is 0 Å². The molecule has 2 nitrogen and oxygen atoms in total. The molecular formula is C48H31NOS. The van der Waals surface area contributed by atoms with Crippen molar-refractivity contribution in [3.05, 3.63) is 188 Å². The number of rotatable bonds is 6. The van der Waals surface area contributed by atoms with E-state index in [1.165, 1.54) is 31.3 Å². The van der Waals surface area contributed by atoms with E-state index in [1.807, 2.05) is 17.4 Å². The first kappa shape index (κ1) is 29.5. The van der Waals surface area contributed by atoms with Crippen molar-refractivity contribution in [1.29, 1.82) is 0 Å². The average molecular weight is 670 g/mol. The molecule has 0 saturated heterocycles. The molecule has 51 heavy (non-hydrogen) atoms. The monoisotopic (exact) mass is 669 g/mol. The Balaban J connectivity index is 1.22. The second kappa shape index (κ2) is 12.2. The third-order valence-corrected chi connectivity index (χ3v) is 11.0. The molecule has 0 amide bonds. The predicted molar refractivity (Wildman–Crippen MR) is 218 cm³/mol. The molecular weight excluding hydrogens is 639 g/mol. The molecule has 0 fully saturated rings. The van der Waals surface area contributed by atoms with Crippen molar-refractivity contribution < 1.29 is 4.42 Å². The third kappa shape index (κ3) is 5.01. The molecule has 0 saturated carbocycles. The van der Waals surface area contributed by atoms with Crippen LogP contribution in [0.25, 0.3) is 75.5 Å². The summed E-state index contributed by atoms with van der Waals surface area (Å²) in [6.45, 7) is 0. The van der Waals surface area contributed by atoms with Gasteiger partial charge in [-0.05, 0) is 76.3 Å². The number of hydrogen-bond acceptors (Lipinski definition) is 3. The molecule has 0 aliphatic carbocycles. The van der Waals surface area contributed by atoms with Gasteiger partial charge in [0, 0.05) is 47.9 Å².